The van der Waals surface area contributed by atoms with Crippen molar-refractivity contribution < 1.29 is 4.79 Å². The van der Waals surface area contributed by atoms with E-state index in [2.05, 4.69) is 29.1 Å². The molecule has 0 saturated carbocycles. The summed E-state index contributed by atoms with van der Waals surface area (Å²) in [5.74, 6) is 1.45. The number of fused-ring (bicyclic) bond motifs is 1. The van der Waals surface area contributed by atoms with Gasteiger partial charge in [0.1, 0.15) is 5.82 Å². The maximum atomic E-state index is 12.7. The summed E-state index contributed by atoms with van der Waals surface area (Å²) in [5, 5.41) is 0. The molecule has 1 atom stereocenters. The van der Waals surface area contributed by atoms with Gasteiger partial charge < -0.3 is 9.80 Å². The molecule has 1 aromatic carbocycles. The first-order valence-corrected chi connectivity index (χ1v) is 10.0. The lowest BCUT2D eigenvalue weighted by Gasteiger charge is -2.33. The van der Waals surface area contributed by atoms with Gasteiger partial charge in [0.2, 0.25) is 5.91 Å². The van der Waals surface area contributed by atoms with Gasteiger partial charge >= 0.3 is 0 Å². The molecule has 2 aliphatic heterocycles. The second kappa shape index (κ2) is 8.17. The average molecular weight is 364 g/mol. The van der Waals surface area contributed by atoms with E-state index >= 15 is 0 Å². The SMILES string of the molecule is CN1CCc2nc([C@@H]3CCCN(C(=O)CCc4ccccc4)C3)ncc2C1. The van der Waals surface area contributed by atoms with Gasteiger partial charge in [-0.2, -0.15) is 0 Å². The highest BCUT2D eigenvalue weighted by molar-refractivity contribution is 5.76. The number of aryl methyl sites for hydroxylation is 1. The smallest absolute Gasteiger partial charge is 0.222 e. The zero-order valence-electron chi connectivity index (χ0n) is 16.1. The van der Waals surface area contributed by atoms with Crippen molar-refractivity contribution in [3.63, 3.8) is 0 Å². The van der Waals surface area contributed by atoms with Crippen LogP contribution in [0, 0.1) is 0 Å². The number of carbonyl (C=O) groups excluding carboxylic acids is 1. The van der Waals surface area contributed by atoms with Crippen molar-refractivity contribution in [2.24, 2.45) is 0 Å². The minimum atomic E-state index is 0.253. The molecule has 1 aromatic heterocycles. The highest BCUT2D eigenvalue weighted by atomic mass is 16.2. The van der Waals surface area contributed by atoms with Crippen LogP contribution >= 0.6 is 0 Å². The van der Waals surface area contributed by atoms with E-state index in [0.29, 0.717) is 6.42 Å². The second-order valence-corrected chi connectivity index (χ2v) is 7.85. The number of amides is 1. The van der Waals surface area contributed by atoms with Crippen LogP contribution in [0.1, 0.15) is 47.8 Å². The van der Waals surface area contributed by atoms with E-state index in [4.69, 9.17) is 4.98 Å². The van der Waals surface area contributed by atoms with E-state index in [9.17, 15) is 4.79 Å². The summed E-state index contributed by atoms with van der Waals surface area (Å²) in [6.07, 6.45) is 6.49. The van der Waals surface area contributed by atoms with E-state index in [-0.39, 0.29) is 11.8 Å². The molecule has 27 heavy (non-hydrogen) atoms. The number of hydrogen-bond acceptors (Lipinski definition) is 4. The number of rotatable bonds is 4. The lowest BCUT2D eigenvalue weighted by atomic mass is 9.96. The van der Waals surface area contributed by atoms with E-state index in [0.717, 1.165) is 57.7 Å². The van der Waals surface area contributed by atoms with Crippen LogP contribution in [0.15, 0.2) is 36.5 Å². The standard InChI is InChI=1S/C22H28N4O/c1-25-13-11-20-19(15-25)14-23-22(24-20)18-8-5-12-26(16-18)21(27)10-9-17-6-3-2-4-7-17/h2-4,6-7,14,18H,5,8-13,15-16H2,1H3/t18-/m1/s1. The summed E-state index contributed by atoms with van der Waals surface area (Å²) in [7, 11) is 2.14. The number of likely N-dealkylation sites (tertiary alicyclic amines) is 1. The van der Waals surface area contributed by atoms with Gasteiger partial charge in [0.25, 0.3) is 0 Å². The second-order valence-electron chi connectivity index (χ2n) is 7.85. The Morgan fingerprint density at radius 3 is 2.93 bits per heavy atom. The quantitative estimate of drug-likeness (QED) is 0.837. The molecule has 0 unspecified atom stereocenters. The van der Waals surface area contributed by atoms with Gasteiger partial charge in [0, 0.05) is 62.4 Å². The molecule has 1 saturated heterocycles. The first-order chi connectivity index (χ1) is 13.2. The van der Waals surface area contributed by atoms with Gasteiger partial charge in [0.05, 0.1) is 0 Å². The van der Waals surface area contributed by atoms with Crippen LogP contribution in [-0.4, -0.2) is 52.4 Å². The Bertz CT molecular complexity index is 792. The Hall–Kier alpha value is -2.27. The van der Waals surface area contributed by atoms with Crippen molar-refractivity contribution >= 4 is 5.91 Å². The first-order valence-electron chi connectivity index (χ1n) is 10.0. The molecule has 5 nitrogen and oxygen atoms in total. The molecule has 3 heterocycles. The highest BCUT2D eigenvalue weighted by Crippen LogP contribution is 2.26. The van der Waals surface area contributed by atoms with E-state index in [1.165, 1.54) is 16.8 Å². The normalized spacial score (nSPS) is 20.3. The number of hydrogen-bond donors (Lipinski definition) is 0. The molecule has 0 bridgehead atoms. The summed E-state index contributed by atoms with van der Waals surface area (Å²) >= 11 is 0. The molecule has 0 spiro atoms. The molecular weight excluding hydrogens is 336 g/mol. The van der Waals surface area contributed by atoms with Crippen LogP contribution in [0.3, 0.4) is 0 Å². The number of likely N-dealkylation sites (N-methyl/N-ethyl adjacent to an activating group) is 1. The summed E-state index contributed by atoms with van der Waals surface area (Å²) < 4.78 is 0. The monoisotopic (exact) mass is 364 g/mol. The Labute approximate surface area is 161 Å². The summed E-state index contributed by atoms with van der Waals surface area (Å²) in [4.78, 5) is 26.6. The van der Waals surface area contributed by atoms with Crippen LogP contribution in [0.25, 0.3) is 0 Å². The first kappa shape index (κ1) is 18.1. The zero-order chi connectivity index (χ0) is 18.6. The van der Waals surface area contributed by atoms with E-state index in [1.807, 2.05) is 29.3 Å². The van der Waals surface area contributed by atoms with Crippen molar-refractivity contribution in [3.05, 3.63) is 59.2 Å². The van der Waals surface area contributed by atoms with Crippen molar-refractivity contribution in [1.29, 1.82) is 0 Å². The third-order valence-corrected chi connectivity index (χ3v) is 5.75. The predicted molar refractivity (Wildman–Crippen MR) is 105 cm³/mol. The van der Waals surface area contributed by atoms with Crippen LogP contribution in [0.2, 0.25) is 0 Å². The number of nitrogens with zero attached hydrogens (tertiary/aromatic N) is 4. The molecular formula is C22H28N4O. The van der Waals surface area contributed by atoms with Gasteiger partial charge in [-0.15, -0.1) is 0 Å². The Kier molecular flexibility index (Phi) is 5.48. The zero-order valence-corrected chi connectivity index (χ0v) is 16.1. The minimum absolute atomic E-state index is 0.253. The Morgan fingerprint density at radius 2 is 2.07 bits per heavy atom. The Balaban J connectivity index is 1.38. The minimum Gasteiger partial charge on any atom is -0.342 e. The molecule has 0 radical (unpaired) electrons. The van der Waals surface area contributed by atoms with E-state index in [1.54, 1.807) is 0 Å². The Morgan fingerprint density at radius 1 is 1.22 bits per heavy atom. The highest BCUT2D eigenvalue weighted by Gasteiger charge is 2.27. The van der Waals surface area contributed by atoms with Gasteiger partial charge in [-0.25, -0.2) is 9.97 Å². The molecule has 0 N–H and O–H groups in total. The molecule has 142 valence electrons. The van der Waals surface area contributed by atoms with Crippen LogP contribution in [0.5, 0.6) is 0 Å². The van der Waals surface area contributed by atoms with Crippen molar-refractivity contribution in [2.45, 2.75) is 44.6 Å². The van der Waals surface area contributed by atoms with Crippen LogP contribution in [-0.2, 0) is 24.2 Å². The molecule has 2 aromatic rings. The van der Waals surface area contributed by atoms with Gasteiger partial charge in [-0.1, -0.05) is 30.3 Å². The maximum Gasteiger partial charge on any atom is 0.222 e. The van der Waals surface area contributed by atoms with Crippen molar-refractivity contribution in [1.82, 2.24) is 19.8 Å². The van der Waals surface area contributed by atoms with Crippen molar-refractivity contribution in [3.8, 4) is 0 Å². The topological polar surface area (TPSA) is 49.3 Å². The fourth-order valence-electron chi connectivity index (χ4n) is 4.14. The summed E-state index contributed by atoms with van der Waals surface area (Å²) in [5.41, 5.74) is 3.67. The van der Waals surface area contributed by atoms with E-state index < -0.39 is 0 Å². The fourth-order valence-corrected chi connectivity index (χ4v) is 4.14. The molecule has 5 heteroatoms. The fraction of sp³-hybridized carbons (Fsp3) is 0.500. The summed E-state index contributed by atoms with van der Waals surface area (Å²) in [6.45, 7) is 3.61. The lowest BCUT2D eigenvalue weighted by molar-refractivity contribution is -0.132. The molecule has 1 fully saturated rings. The predicted octanol–water partition coefficient (Wildman–Crippen LogP) is 2.80. The lowest BCUT2D eigenvalue weighted by Crippen LogP contribution is -2.39. The van der Waals surface area contributed by atoms with Crippen molar-refractivity contribution in [2.75, 3.05) is 26.7 Å². The number of aromatic nitrogens is 2. The molecule has 2 aliphatic rings. The van der Waals surface area contributed by atoms with Crippen LogP contribution in [0.4, 0.5) is 0 Å². The molecule has 1 amide bonds. The van der Waals surface area contributed by atoms with Crippen LogP contribution < -0.4 is 0 Å². The number of piperidine rings is 1. The number of carbonyl (C=O) groups is 1. The average Bonchev–Trinajstić information content (AvgIpc) is 2.72. The largest absolute Gasteiger partial charge is 0.342 e. The van der Waals surface area contributed by atoms with Gasteiger partial charge in [-0.3, -0.25) is 4.79 Å². The maximum absolute atomic E-state index is 12.7. The van der Waals surface area contributed by atoms with Gasteiger partial charge in [-0.05, 0) is 31.9 Å². The summed E-state index contributed by atoms with van der Waals surface area (Å²) in [6, 6.07) is 10.2. The number of benzene rings is 1. The third kappa shape index (κ3) is 4.35. The van der Waals surface area contributed by atoms with Gasteiger partial charge in [0.15, 0.2) is 0 Å². The molecule has 4 rings (SSSR count). The third-order valence-electron chi connectivity index (χ3n) is 5.75. The molecule has 0 aliphatic carbocycles.